The number of methoxy groups -OCH3 is 1. The van der Waals surface area contributed by atoms with Crippen molar-refractivity contribution < 1.29 is 18.7 Å². The van der Waals surface area contributed by atoms with E-state index >= 15 is 0 Å². The minimum Gasteiger partial charge on any atom is -0.416 e. The van der Waals surface area contributed by atoms with Crippen LogP contribution in [-0.2, 0) is 18.7 Å². The summed E-state index contributed by atoms with van der Waals surface area (Å²) >= 11 is 0. The van der Waals surface area contributed by atoms with Crippen molar-refractivity contribution in [3.8, 4) is 0 Å². The van der Waals surface area contributed by atoms with Gasteiger partial charge in [-0.05, 0) is 31.0 Å². The molecule has 1 saturated heterocycles. The molecule has 1 rings (SSSR count). The average Bonchev–Trinajstić information content (AvgIpc) is 2.46. The molecule has 0 aromatic heterocycles. The fourth-order valence-electron chi connectivity index (χ4n) is 2.82. The van der Waals surface area contributed by atoms with E-state index in [1.165, 1.54) is 0 Å². The minimum atomic E-state index is -1.92. The molecule has 1 aliphatic rings. The van der Waals surface area contributed by atoms with Gasteiger partial charge < -0.3 is 13.9 Å². The van der Waals surface area contributed by atoms with Gasteiger partial charge in [0.25, 0.3) is 0 Å². The first-order chi connectivity index (χ1) is 10.8. The second kappa shape index (κ2) is 7.40. The van der Waals surface area contributed by atoms with Crippen LogP contribution < -0.4 is 0 Å². The third-order valence-electron chi connectivity index (χ3n) is 5.60. The maximum absolute atomic E-state index is 12.7. The summed E-state index contributed by atoms with van der Waals surface area (Å²) in [6, 6.07) is 0. The van der Waals surface area contributed by atoms with Crippen LogP contribution in [0.2, 0.25) is 18.1 Å². The van der Waals surface area contributed by atoms with Crippen LogP contribution in [0.3, 0.4) is 0 Å². The molecular weight excluding hydrogens is 320 g/mol. The molecule has 0 amide bonds. The Labute approximate surface area is 149 Å². The monoisotopic (exact) mass is 356 g/mol. The molecule has 0 saturated carbocycles. The Morgan fingerprint density at radius 3 is 2.38 bits per heavy atom. The van der Waals surface area contributed by atoms with Gasteiger partial charge in [0, 0.05) is 25.6 Å². The van der Waals surface area contributed by atoms with E-state index in [1.54, 1.807) is 7.11 Å². The van der Waals surface area contributed by atoms with Crippen LogP contribution in [0, 0.1) is 5.41 Å². The lowest BCUT2D eigenvalue weighted by Gasteiger charge is -2.49. The van der Waals surface area contributed by atoms with Gasteiger partial charge in [0.2, 0.25) is 5.79 Å². The van der Waals surface area contributed by atoms with Crippen LogP contribution in [-0.4, -0.2) is 39.7 Å². The number of ether oxygens (including phenoxy) is 2. The number of carbonyl (C=O) groups excluding carboxylic acids is 1. The third-order valence-corrected chi connectivity index (χ3v) is 10.1. The summed E-state index contributed by atoms with van der Waals surface area (Å²) in [6.07, 6.45) is 3.70. The summed E-state index contributed by atoms with van der Waals surface area (Å²) in [6.45, 7) is 19.3. The average molecular weight is 357 g/mol. The maximum Gasteiger partial charge on any atom is 0.236 e. The molecule has 2 atom stereocenters. The van der Waals surface area contributed by atoms with E-state index in [0.717, 1.165) is 12.8 Å². The molecule has 0 radical (unpaired) electrons. The Balaban J connectivity index is 3.02. The molecular formula is C19H36O4Si. The predicted molar refractivity (Wildman–Crippen MR) is 101 cm³/mol. The second-order valence-corrected chi connectivity index (χ2v) is 13.8. The van der Waals surface area contributed by atoms with E-state index in [4.69, 9.17) is 13.9 Å². The molecule has 1 unspecified atom stereocenters. The van der Waals surface area contributed by atoms with Crippen molar-refractivity contribution in [1.29, 1.82) is 0 Å². The highest BCUT2D eigenvalue weighted by atomic mass is 28.4. The Morgan fingerprint density at radius 2 is 1.92 bits per heavy atom. The third kappa shape index (κ3) is 4.18. The normalized spacial score (nSPS) is 26.5. The van der Waals surface area contributed by atoms with Crippen molar-refractivity contribution in [1.82, 2.24) is 0 Å². The smallest absolute Gasteiger partial charge is 0.236 e. The zero-order chi connectivity index (χ0) is 18.8. The van der Waals surface area contributed by atoms with Gasteiger partial charge in [-0.25, -0.2) is 0 Å². The first-order valence-corrected chi connectivity index (χ1v) is 11.7. The van der Waals surface area contributed by atoms with E-state index < -0.39 is 19.5 Å². The number of Topliss-reactive ketones (excluding diaryl/α,β-unsaturated/α-hetero) is 1. The van der Waals surface area contributed by atoms with Gasteiger partial charge >= 0.3 is 0 Å². The highest BCUT2D eigenvalue weighted by molar-refractivity contribution is 6.74. The van der Waals surface area contributed by atoms with Gasteiger partial charge in [0.15, 0.2) is 14.1 Å². The van der Waals surface area contributed by atoms with Gasteiger partial charge in [0.05, 0.1) is 6.10 Å². The molecule has 1 aliphatic heterocycles. The van der Waals surface area contributed by atoms with Crippen LogP contribution in [0.15, 0.2) is 12.7 Å². The molecule has 1 heterocycles. The van der Waals surface area contributed by atoms with Crippen molar-refractivity contribution in [3.05, 3.63) is 12.7 Å². The fraction of sp³-hybridized carbons (Fsp3) is 0.842. The summed E-state index contributed by atoms with van der Waals surface area (Å²) in [5, 5.41) is 0.117. The highest BCUT2D eigenvalue weighted by Gasteiger charge is 2.56. The zero-order valence-electron chi connectivity index (χ0n) is 16.8. The van der Waals surface area contributed by atoms with Crippen molar-refractivity contribution in [3.63, 3.8) is 0 Å². The summed E-state index contributed by atoms with van der Waals surface area (Å²) in [7, 11) is -0.359. The lowest BCUT2D eigenvalue weighted by molar-refractivity contribution is -0.294. The Morgan fingerprint density at radius 1 is 1.33 bits per heavy atom. The molecule has 1 fully saturated rings. The first-order valence-electron chi connectivity index (χ1n) is 8.84. The van der Waals surface area contributed by atoms with Gasteiger partial charge in [-0.2, -0.15) is 0 Å². The van der Waals surface area contributed by atoms with E-state index in [2.05, 4.69) is 40.4 Å². The number of ketones is 1. The van der Waals surface area contributed by atoms with E-state index in [0.29, 0.717) is 13.0 Å². The number of hydrogen-bond donors (Lipinski definition) is 0. The van der Waals surface area contributed by atoms with Gasteiger partial charge in [-0.3, -0.25) is 4.79 Å². The van der Waals surface area contributed by atoms with Crippen LogP contribution in [0.25, 0.3) is 0 Å². The van der Waals surface area contributed by atoms with Crippen molar-refractivity contribution in [2.75, 3.05) is 13.7 Å². The van der Waals surface area contributed by atoms with Gasteiger partial charge in [0.1, 0.15) is 0 Å². The van der Waals surface area contributed by atoms with Crippen molar-refractivity contribution in [2.45, 2.75) is 83.9 Å². The van der Waals surface area contributed by atoms with E-state index in [1.807, 2.05) is 19.9 Å². The minimum absolute atomic E-state index is 0.00847. The van der Waals surface area contributed by atoms with Gasteiger partial charge in [-0.15, -0.1) is 6.58 Å². The standard InChI is InChI=1S/C19H36O4Si/c1-10-11-15-12-13-16(20)19(21-7,23-15)18(5,6)14-22-24(8,9)17(2,3)4/h10,15H,1,11-14H2,2-9H3/t15?,19-/m1/s1. The largest absolute Gasteiger partial charge is 0.416 e. The van der Waals surface area contributed by atoms with Crippen LogP contribution >= 0.6 is 0 Å². The molecule has 5 heteroatoms. The van der Waals surface area contributed by atoms with Crippen molar-refractivity contribution in [2.24, 2.45) is 5.41 Å². The van der Waals surface area contributed by atoms with E-state index in [9.17, 15) is 4.79 Å². The predicted octanol–water partition coefficient (Wildman–Crippen LogP) is 4.70. The molecule has 4 nitrogen and oxygen atoms in total. The fourth-order valence-corrected chi connectivity index (χ4v) is 3.97. The molecule has 0 N–H and O–H groups in total. The molecule has 0 aliphatic carbocycles. The summed E-state index contributed by atoms with van der Waals surface area (Å²) in [5.74, 6) is -1.24. The molecule has 0 aromatic carbocycles. The van der Waals surface area contributed by atoms with Gasteiger partial charge in [-0.1, -0.05) is 40.7 Å². The highest BCUT2D eigenvalue weighted by Crippen LogP contribution is 2.44. The van der Waals surface area contributed by atoms with Crippen LogP contribution in [0.1, 0.15) is 53.9 Å². The summed E-state index contributed by atoms with van der Waals surface area (Å²) in [5.41, 5.74) is -0.575. The number of rotatable bonds is 7. The lowest BCUT2D eigenvalue weighted by atomic mass is 9.78. The molecule has 0 bridgehead atoms. The second-order valence-electron chi connectivity index (χ2n) is 8.98. The van der Waals surface area contributed by atoms with Crippen molar-refractivity contribution >= 4 is 14.1 Å². The first kappa shape index (κ1) is 21.5. The Bertz CT molecular complexity index is 464. The SMILES string of the molecule is C=CCC1CCC(=O)[C@](OC)(C(C)(C)CO[Si](C)(C)C(C)(C)C)O1. The zero-order valence-corrected chi connectivity index (χ0v) is 17.8. The summed E-state index contributed by atoms with van der Waals surface area (Å²) in [4.78, 5) is 12.7. The number of carbonyl (C=O) groups is 1. The molecule has 140 valence electrons. The Hall–Kier alpha value is -0.493. The van der Waals surface area contributed by atoms with Crippen LogP contribution in [0.4, 0.5) is 0 Å². The topological polar surface area (TPSA) is 44.8 Å². The molecule has 24 heavy (non-hydrogen) atoms. The Kier molecular flexibility index (Phi) is 6.64. The quantitative estimate of drug-likeness (QED) is 0.490. The molecule has 0 aromatic rings. The number of hydrogen-bond acceptors (Lipinski definition) is 4. The maximum atomic E-state index is 12.7. The summed E-state index contributed by atoms with van der Waals surface area (Å²) < 4.78 is 18.3. The van der Waals surface area contributed by atoms with Crippen LogP contribution in [0.5, 0.6) is 0 Å². The van der Waals surface area contributed by atoms with E-state index in [-0.39, 0.29) is 16.9 Å². The lowest BCUT2D eigenvalue weighted by Crippen LogP contribution is -2.61. The molecule has 0 spiro atoms.